The number of terminal acetylenes is 1. The van der Waals surface area contributed by atoms with E-state index in [1.54, 1.807) is 12.1 Å². The Morgan fingerprint density at radius 3 is 2.50 bits per heavy atom. The molecule has 148 valence electrons. The predicted molar refractivity (Wildman–Crippen MR) is 113 cm³/mol. The number of carbonyl (C=O) groups excluding carboxylic acids is 1. The second-order valence-electron chi connectivity index (χ2n) is 7.06. The summed E-state index contributed by atoms with van der Waals surface area (Å²) in [6.07, 6.45) is 4.82. The maximum absolute atomic E-state index is 12.4. The average Bonchev–Trinajstić information content (AvgIpc) is 2.68. The fourth-order valence-corrected chi connectivity index (χ4v) is 2.56. The summed E-state index contributed by atoms with van der Waals surface area (Å²) < 4.78 is 5.32. The number of nitrogens with one attached hydrogen (secondary N) is 3. The topological polar surface area (TPSA) is 88.4 Å². The van der Waals surface area contributed by atoms with E-state index < -0.39 is 5.54 Å². The van der Waals surface area contributed by atoms with Crippen LogP contribution in [-0.2, 0) is 4.74 Å². The molecule has 0 heterocycles. The van der Waals surface area contributed by atoms with Crippen LogP contribution in [0.25, 0.3) is 0 Å². The van der Waals surface area contributed by atoms with E-state index in [1.807, 2.05) is 56.3 Å². The van der Waals surface area contributed by atoms with Gasteiger partial charge in [0.15, 0.2) is 0 Å². The quantitative estimate of drug-likeness (QED) is 0.289. The third-order valence-corrected chi connectivity index (χ3v) is 4.02. The number of nitrogens with two attached hydrogens (primary N) is 1. The van der Waals surface area contributed by atoms with Crippen LogP contribution in [0.5, 0.6) is 0 Å². The summed E-state index contributed by atoms with van der Waals surface area (Å²) in [6.45, 7) is 4.85. The van der Waals surface area contributed by atoms with E-state index in [9.17, 15) is 4.79 Å². The molecule has 0 saturated heterocycles. The molecule has 0 spiro atoms. The first-order valence-electron chi connectivity index (χ1n) is 9.13. The number of anilines is 1. The molecule has 0 fully saturated rings. The van der Waals surface area contributed by atoms with Crippen LogP contribution in [0.15, 0.2) is 54.6 Å². The summed E-state index contributed by atoms with van der Waals surface area (Å²) >= 11 is 0. The fourth-order valence-electron chi connectivity index (χ4n) is 2.56. The van der Waals surface area contributed by atoms with Gasteiger partial charge in [-0.05, 0) is 43.7 Å². The van der Waals surface area contributed by atoms with Gasteiger partial charge in [-0.15, -0.1) is 6.42 Å². The summed E-state index contributed by atoms with van der Waals surface area (Å²) in [5.41, 5.74) is 8.12. The van der Waals surface area contributed by atoms with Crippen molar-refractivity contribution >= 4 is 11.6 Å². The van der Waals surface area contributed by atoms with Gasteiger partial charge in [-0.25, -0.2) is 0 Å². The van der Waals surface area contributed by atoms with Gasteiger partial charge in [0.2, 0.25) is 0 Å². The van der Waals surface area contributed by atoms with E-state index in [2.05, 4.69) is 21.9 Å². The third kappa shape index (κ3) is 7.05. The number of benzene rings is 2. The van der Waals surface area contributed by atoms with Crippen molar-refractivity contribution in [1.82, 2.24) is 10.6 Å². The summed E-state index contributed by atoms with van der Waals surface area (Å²) in [5.74, 6) is 2.24. The molecule has 0 radical (unpaired) electrons. The first-order valence-corrected chi connectivity index (χ1v) is 9.13. The molecule has 0 aliphatic carbocycles. The van der Waals surface area contributed by atoms with E-state index in [-0.39, 0.29) is 18.7 Å². The molecule has 2 aromatic rings. The molecule has 6 nitrogen and oxygen atoms in total. The van der Waals surface area contributed by atoms with E-state index in [4.69, 9.17) is 16.9 Å². The molecule has 1 amide bonds. The van der Waals surface area contributed by atoms with Crippen molar-refractivity contribution in [3.8, 4) is 12.3 Å². The Bertz CT molecular complexity index is 782. The summed E-state index contributed by atoms with van der Waals surface area (Å²) in [7, 11) is 0. The van der Waals surface area contributed by atoms with Crippen LogP contribution in [0, 0.1) is 12.3 Å². The van der Waals surface area contributed by atoms with Gasteiger partial charge in [-0.1, -0.05) is 36.3 Å². The van der Waals surface area contributed by atoms with Crippen molar-refractivity contribution < 1.29 is 9.53 Å². The zero-order valence-electron chi connectivity index (χ0n) is 16.4. The van der Waals surface area contributed by atoms with Crippen LogP contribution in [0.1, 0.15) is 35.9 Å². The number of amides is 1. The highest BCUT2D eigenvalue weighted by molar-refractivity contribution is 5.94. The lowest BCUT2D eigenvalue weighted by Gasteiger charge is -2.25. The SMILES string of the molecule is C#CCOCC(C)(C)NC(=O)c1ccc(C(N)NCNc2ccccc2)cc1. The molecule has 2 aromatic carbocycles. The van der Waals surface area contributed by atoms with E-state index in [0.717, 1.165) is 11.3 Å². The Morgan fingerprint density at radius 1 is 1.18 bits per heavy atom. The molecular weight excluding hydrogens is 352 g/mol. The lowest BCUT2D eigenvalue weighted by Crippen LogP contribution is -2.47. The molecule has 0 aliphatic heterocycles. The van der Waals surface area contributed by atoms with Crippen LogP contribution in [0.3, 0.4) is 0 Å². The highest BCUT2D eigenvalue weighted by Crippen LogP contribution is 2.12. The van der Waals surface area contributed by atoms with Crippen LogP contribution < -0.4 is 21.7 Å². The average molecular weight is 380 g/mol. The fraction of sp³-hybridized carbons (Fsp3) is 0.318. The van der Waals surface area contributed by atoms with E-state index in [0.29, 0.717) is 18.8 Å². The minimum atomic E-state index is -0.520. The van der Waals surface area contributed by atoms with Crippen molar-refractivity contribution in [3.05, 3.63) is 65.7 Å². The summed E-state index contributed by atoms with van der Waals surface area (Å²) in [5, 5.41) is 9.38. The molecule has 2 rings (SSSR count). The molecule has 0 aromatic heterocycles. The van der Waals surface area contributed by atoms with Gasteiger partial charge >= 0.3 is 0 Å². The Morgan fingerprint density at radius 2 is 1.86 bits per heavy atom. The predicted octanol–water partition coefficient (Wildman–Crippen LogP) is 2.46. The lowest BCUT2D eigenvalue weighted by molar-refractivity contribution is 0.0773. The lowest BCUT2D eigenvalue weighted by atomic mass is 10.0. The molecule has 6 heteroatoms. The van der Waals surface area contributed by atoms with Crippen LogP contribution in [0.2, 0.25) is 0 Å². The van der Waals surface area contributed by atoms with Crippen LogP contribution in [0.4, 0.5) is 5.69 Å². The molecule has 28 heavy (non-hydrogen) atoms. The molecular formula is C22H28N4O2. The normalized spacial score (nSPS) is 12.1. The molecule has 1 unspecified atom stereocenters. The van der Waals surface area contributed by atoms with Crippen LogP contribution >= 0.6 is 0 Å². The largest absolute Gasteiger partial charge is 0.372 e. The molecule has 0 saturated carbocycles. The monoisotopic (exact) mass is 380 g/mol. The molecule has 5 N–H and O–H groups in total. The summed E-state index contributed by atoms with van der Waals surface area (Å²) in [4.78, 5) is 12.4. The smallest absolute Gasteiger partial charge is 0.251 e. The number of para-hydroxylation sites is 1. The Hall–Kier alpha value is -2.85. The van der Waals surface area contributed by atoms with Gasteiger partial charge < -0.3 is 21.1 Å². The Kier molecular flexibility index (Phi) is 8.02. The highest BCUT2D eigenvalue weighted by Gasteiger charge is 2.21. The van der Waals surface area contributed by atoms with Gasteiger partial charge in [0.05, 0.1) is 25.0 Å². The molecule has 0 bridgehead atoms. The first kappa shape index (κ1) is 21.5. The maximum Gasteiger partial charge on any atom is 0.251 e. The summed E-state index contributed by atoms with van der Waals surface area (Å²) in [6, 6.07) is 17.1. The van der Waals surface area contributed by atoms with Crippen molar-refractivity contribution in [1.29, 1.82) is 0 Å². The van der Waals surface area contributed by atoms with Gasteiger partial charge in [-0.3, -0.25) is 10.1 Å². The second-order valence-corrected chi connectivity index (χ2v) is 7.06. The third-order valence-electron chi connectivity index (χ3n) is 4.02. The van der Waals surface area contributed by atoms with Gasteiger partial charge in [0, 0.05) is 11.3 Å². The number of hydrogen-bond acceptors (Lipinski definition) is 5. The number of carbonyl (C=O) groups is 1. The number of hydrogen-bond donors (Lipinski definition) is 4. The maximum atomic E-state index is 12.4. The minimum Gasteiger partial charge on any atom is -0.372 e. The van der Waals surface area contributed by atoms with Crippen molar-refractivity contribution in [2.75, 3.05) is 25.2 Å². The standard InChI is InChI=1S/C22H28N4O2/c1-4-14-28-15-22(2,3)26-21(27)18-12-10-17(11-13-18)20(23)25-16-24-19-8-6-5-7-9-19/h1,5-13,20,24-25H,14-16,23H2,2-3H3,(H,26,27). The molecule has 0 aliphatic rings. The van der Waals surface area contributed by atoms with Gasteiger partial charge in [0.25, 0.3) is 5.91 Å². The van der Waals surface area contributed by atoms with E-state index in [1.165, 1.54) is 0 Å². The minimum absolute atomic E-state index is 0.173. The van der Waals surface area contributed by atoms with Gasteiger partial charge in [-0.2, -0.15) is 0 Å². The second kappa shape index (κ2) is 10.5. The highest BCUT2D eigenvalue weighted by atomic mass is 16.5. The number of ether oxygens (including phenoxy) is 1. The van der Waals surface area contributed by atoms with Gasteiger partial charge in [0.1, 0.15) is 6.61 Å². The van der Waals surface area contributed by atoms with Crippen LogP contribution in [-0.4, -0.2) is 31.3 Å². The number of rotatable bonds is 10. The Labute approximate surface area is 166 Å². The Balaban J connectivity index is 1.84. The van der Waals surface area contributed by atoms with Crippen molar-refractivity contribution in [3.63, 3.8) is 0 Å². The van der Waals surface area contributed by atoms with Crippen molar-refractivity contribution in [2.24, 2.45) is 5.73 Å². The van der Waals surface area contributed by atoms with E-state index >= 15 is 0 Å². The zero-order chi connectivity index (χ0) is 20.4. The molecule has 1 atom stereocenters. The zero-order valence-corrected chi connectivity index (χ0v) is 16.4. The van der Waals surface area contributed by atoms with Crippen molar-refractivity contribution in [2.45, 2.75) is 25.6 Å². The first-order chi connectivity index (χ1) is 13.4.